The van der Waals surface area contributed by atoms with Crippen LogP contribution in [0.4, 0.5) is 10.1 Å². The number of thioether (sulfide) groups is 1. The van der Waals surface area contributed by atoms with Crippen LogP contribution in [-0.4, -0.2) is 23.5 Å². The van der Waals surface area contributed by atoms with Crippen molar-refractivity contribution in [1.82, 2.24) is 5.32 Å². The molecule has 0 aliphatic heterocycles. The molecule has 0 bridgehead atoms. The maximum absolute atomic E-state index is 13.3. The molecule has 2 unspecified atom stereocenters. The Hall–Kier alpha value is -1.23. The lowest BCUT2D eigenvalue weighted by Gasteiger charge is -2.28. The lowest BCUT2D eigenvalue weighted by Crippen LogP contribution is -2.39. The highest BCUT2D eigenvalue weighted by Crippen LogP contribution is 2.27. The number of rotatable bonds is 3. The monoisotopic (exact) mass is 282 g/mol. The molecule has 1 aliphatic carbocycles. The van der Waals surface area contributed by atoms with Gasteiger partial charge in [-0.25, -0.2) is 4.39 Å². The van der Waals surface area contributed by atoms with Gasteiger partial charge < -0.3 is 11.1 Å². The number of anilines is 1. The summed E-state index contributed by atoms with van der Waals surface area (Å²) >= 11 is 1.84. The fraction of sp³-hybridized carbons (Fsp3) is 0.500. The summed E-state index contributed by atoms with van der Waals surface area (Å²) in [5.74, 6) is -0.818. The van der Waals surface area contributed by atoms with E-state index in [1.807, 2.05) is 11.8 Å². The average Bonchev–Trinajstić information content (AvgIpc) is 2.42. The Kier molecular flexibility index (Phi) is 4.69. The number of hydrogen-bond donors (Lipinski definition) is 2. The zero-order chi connectivity index (χ0) is 13.8. The maximum atomic E-state index is 13.3. The highest BCUT2D eigenvalue weighted by Gasteiger charge is 2.23. The number of nitrogens with two attached hydrogens (primary N) is 1. The summed E-state index contributed by atoms with van der Waals surface area (Å²) in [5.41, 5.74) is 5.76. The van der Waals surface area contributed by atoms with Crippen LogP contribution in [0.5, 0.6) is 0 Å². The van der Waals surface area contributed by atoms with Crippen LogP contribution in [0.2, 0.25) is 0 Å². The first-order valence-corrected chi connectivity index (χ1v) is 7.78. The lowest BCUT2D eigenvalue weighted by molar-refractivity contribution is 0.0929. The summed E-state index contributed by atoms with van der Waals surface area (Å²) in [4.78, 5) is 12.1. The fourth-order valence-electron chi connectivity index (χ4n) is 2.49. The molecule has 2 atom stereocenters. The van der Waals surface area contributed by atoms with Gasteiger partial charge in [0.2, 0.25) is 0 Å². The van der Waals surface area contributed by atoms with E-state index in [0.717, 1.165) is 19.3 Å². The van der Waals surface area contributed by atoms with E-state index < -0.39 is 5.82 Å². The zero-order valence-electron chi connectivity index (χ0n) is 11.0. The molecular weight excluding hydrogens is 263 g/mol. The number of amides is 1. The van der Waals surface area contributed by atoms with E-state index in [-0.39, 0.29) is 23.2 Å². The minimum Gasteiger partial charge on any atom is -0.396 e. The largest absolute Gasteiger partial charge is 0.396 e. The van der Waals surface area contributed by atoms with Crippen LogP contribution in [0.15, 0.2) is 18.2 Å². The second-order valence-electron chi connectivity index (χ2n) is 4.90. The SMILES string of the molecule is CSC1CCCC(NC(=O)c2cccc(F)c2N)C1. The molecule has 2 rings (SSSR count). The van der Waals surface area contributed by atoms with Crippen molar-refractivity contribution in [3.63, 3.8) is 0 Å². The number of halogens is 1. The van der Waals surface area contributed by atoms with E-state index in [0.29, 0.717) is 5.25 Å². The van der Waals surface area contributed by atoms with Gasteiger partial charge in [-0.2, -0.15) is 11.8 Å². The molecule has 0 saturated heterocycles. The predicted molar refractivity (Wildman–Crippen MR) is 77.8 cm³/mol. The first-order chi connectivity index (χ1) is 9.11. The van der Waals surface area contributed by atoms with E-state index in [9.17, 15) is 9.18 Å². The molecule has 3 N–H and O–H groups in total. The summed E-state index contributed by atoms with van der Waals surface area (Å²) in [5, 5.41) is 3.57. The molecule has 1 aromatic carbocycles. The molecule has 0 heterocycles. The van der Waals surface area contributed by atoms with Crippen LogP contribution in [0.25, 0.3) is 0 Å². The number of para-hydroxylation sites is 1. The van der Waals surface area contributed by atoms with Gasteiger partial charge in [0.25, 0.3) is 5.91 Å². The number of carbonyl (C=O) groups excluding carboxylic acids is 1. The Morgan fingerprint density at radius 3 is 3.00 bits per heavy atom. The highest BCUT2D eigenvalue weighted by atomic mass is 32.2. The van der Waals surface area contributed by atoms with E-state index in [4.69, 9.17) is 5.73 Å². The van der Waals surface area contributed by atoms with Crippen LogP contribution in [0.3, 0.4) is 0 Å². The van der Waals surface area contributed by atoms with Crippen LogP contribution in [-0.2, 0) is 0 Å². The van der Waals surface area contributed by atoms with E-state index in [1.54, 1.807) is 6.07 Å². The van der Waals surface area contributed by atoms with Gasteiger partial charge in [0.05, 0.1) is 11.3 Å². The van der Waals surface area contributed by atoms with Crippen molar-refractivity contribution in [2.75, 3.05) is 12.0 Å². The standard InChI is InChI=1S/C14H19FN2OS/c1-19-10-5-2-4-9(8-10)17-14(18)11-6-3-7-12(15)13(11)16/h3,6-7,9-10H,2,4-5,8,16H2,1H3,(H,17,18). The van der Waals surface area contributed by atoms with E-state index in [2.05, 4.69) is 11.6 Å². The Bertz CT molecular complexity index is 467. The molecule has 1 amide bonds. The molecule has 3 nitrogen and oxygen atoms in total. The molecule has 1 aliphatic rings. The highest BCUT2D eigenvalue weighted by molar-refractivity contribution is 7.99. The van der Waals surface area contributed by atoms with Gasteiger partial charge in [-0.1, -0.05) is 12.5 Å². The van der Waals surface area contributed by atoms with Crippen molar-refractivity contribution >= 4 is 23.4 Å². The van der Waals surface area contributed by atoms with Crippen LogP contribution in [0.1, 0.15) is 36.0 Å². The number of carbonyl (C=O) groups is 1. The van der Waals surface area contributed by atoms with Crippen LogP contribution < -0.4 is 11.1 Å². The van der Waals surface area contributed by atoms with Gasteiger partial charge in [0.15, 0.2) is 0 Å². The van der Waals surface area contributed by atoms with Crippen molar-refractivity contribution < 1.29 is 9.18 Å². The smallest absolute Gasteiger partial charge is 0.253 e. The molecule has 19 heavy (non-hydrogen) atoms. The van der Waals surface area contributed by atoms with E-state index in [1.165, 1.54) is 18.6 Å². The normalized spacial score (nSPS) is 23.1. The third kappa shape index (κ3) is 3.41. The van der Waals surface area contributed by atoms with Crippen molar-refractivity contribution in [2.24, 2.45) is 0 Å². The van der Waals surface area contributed by atoms with Crippen molar-refractivity contribution in [3.8, 4) is 0 Å². The first kappa shape index (κ1) is 14.2. The Morgan fingerprint density at radius 1 is 1.47 bits per heavy atom. The third-order valence-electron chi connectivity index (χ3n) is 3.59. The molecule has 1 aromatic rings. The minimum absolute atomic E-state index is 0.0720. The van der Waals surface area contributed by atoms with Gasteiger partial charge in [-0.3, -0.25) is 4.79 Å². The third-order valence-corrected chi connectivity index (χ3v) is 4.69. The summed E-state index contributed by atoms with van der Waals surface area (Å²) in [6.07, 6.45) is 6.38. The Labute approximate surface area is 117 Å². The average molecular weight is 282 g/mol. The fourth-order valence-corrected chi connectivity index (χ4v) is 3.32. The van der Waals surface area contributed by atoms with Gasteiger partial charge in [-0.05, 0) is 37.7 Å². The molecule has 1 saturated carbocycles. The Balaban J connectivity index is 2.02. The van der Waals surface area contributed by atoms with Gasteiger partial charge in [0, 0.05) is 11.3 Å². The lowest BCUT2D eigenvalue weighted by atomic mass is 9.94. The Morgan fingerprint density at radius 2 is 2.26 bits per heavy atom. The zero-order valence-corrected chi connectivity index (χ0v) is 11.8. The molecule has 1 fully saturated rings. The quantitative estimate of drug-likeness (QED) is 0.838. The van der Waals surface area contributed by atoms with Gasteiger partial charge in [-0.15, -0.1) is 0 Å². The number of nitrogens with one attached hydrogen (secondary N) is 1. The molecule has 104 valence electrons. The van der Waals surface area contributed by atoms with Gasteiger partial charge >= 0.3 is 0 Å². The second kappa shape index (κ2) is 6.28. The minimum atomic E-state index is -0.543. The van der Waals surface area contributed by atoms with Crippen LogP contribution in [0, 0.1) is 5.82 Å². The van der Waals surface area contributed by atoms with Gasteiger partial charge in [0.1, 0.15) is 5.82 Å². The molecule has 0 radical (unpaired) electrons. The van der Waals surface area contributed by atoms with Crippen molar-refractivity contribution in [3.05, 3.63) is 29.6 Å². The number of hydrogen-bond acceptors (Lipinski definition) is 3. The molecular formula is C14H19FN2OS. The predicted octanol–water partition coefficient (Wildman–Crippen LogP) is 2.81. The molecule has 0 aromatic heterocycles. The molecule has 0 spiro atoms. The first-order valence-electron chi connectivity index (χ1n) is 6.49. The summed E-state index contributed by atoms with van der Waals surface area (Å²) in [7, 11) is 0. The second-order valence-corrected chi connectivity index (χ2v) is 6.03. The van der Waals surface area contributed by atoms with E-state index >= 15 is 0 Å². The summed E-state index contributed by atoms with van der Waals surface area (Å²) in [6, 6.07) is 4.49. The molecule has 5 heteroatoms. The van der Waals surface area contributed by atoms with Crippen molar-refractivity contribution in [2.45, 2.75) is 37.0 Å². The number of nitrogen functional groups attached to an aromatic ring is 1. The summed E-state index contributed by atoms with van der Waals surface area (Å²) in [6.45, 7) is 0. The number of benzene rings is 1. The van der Waals surface area contributed by atoms with Crippen LogP contribution >= 0.6 is 11.8 Å². The van der Waals surface area contributed by atoms with Crippen molar-refractivity contribution in [1.29, 1.82) is 0 Å². The summed E-state index contributed by atoms with van der Waals surface area (Å²) < 4.78 is 13.3. The maximum Gasteiger partial charge on any atom is 0.253 e. The topological polar surface area (TPSA) is 55.1 Å².